The van der Waals surface area contributed by atoms with Crippen molar-refractivity contribution in [2.75, 3.05) is 20.3 Å². The van der Waals surface area contributed by atoms with Gasteiger partial charge in [-0.2, -0.15) is 5.10 Å². The van der Waals surface area contributed by atoms with Crippen LogP contribution in [0.4, 0.5) is 0 Å². The van der Waals surface area contributed by atoms with Crippen molar-refractivity contribution in [2.24, 2.45) is 0 Å². The number of nitrogens with zero attached hydrogens (tertiary/aromatic N) is 2. The van der Waals surface area contributed by atoms with Crippen molar-refractivity contribution in [3.8, 4) is 17.0 Å². The first kappa shape index (κ1) is 16.2. The molecule has 1 heterocycles. The summed E-state index contributed by atoms with van der Waals surface area (Å²) in [6.45, 7) is 2.80. The van der Waals surface area contributed by atoms with E-state index in [2.05, 4.69) is 5.10 Å². The lowest BCUT2D eigenvalue weighted by Crippen LogP contribution is -2.28. The topological polar surface area (TPSA) is 73.6 Å². The number of rotatable bonds is 7. The highest BCUT2D eigenvalue weighted by atomic mass is 16.5. The van der Waals surface area contributed by atoms with E-state index in [0.717, 1.165) is 5.56 Å². The van der Waals surface area contributed by atoms with Gasteiger partial charge >= 0.3 is 0 Å². The molecule has 0 aliphatic carbocycles. The summed E-state index contributed by atoms with van der Waals surface area (Å²) < 4.78 is 11.9. The summed E-state index contributed by atoms with van der Waals surface area (Å²) in [7, 11) is 1.56. The largest absolute Gasteiger partial charge is 0.493 e. The zero-order valence-corrected chi connectivity index (χ0v) is 12.8. The summed E-state index contributed by atoms with van der Waals surface area (Å²) >= 11 is 0. The van der Waals surface area contributed by atoms with Crippen LogP contribution in [0.3, 0.4) is 0 Å². The van der Waals surface area contributed by atoms with Gasteiger partial charge in [0.1, 0.15) is 5.75 Å². The maximum absolute atomic E-state index is 12.2. The molecular formula is C16H20N2O4. The Kier molecular flexibility index (Phi) is 5.68. The molecule has 6 nitrogen and oxygen atoms in total. The molecule has 6 heteroatoms. The fraction of sp³-hybridized carbons (Fsp3) is 0.375. The van der Waals surface area contributed by atoms with E-state index in [1.165, 1.54) is 4.68 Å². The number of hydrogen-bond donors (Lipinski definition) is 1. The molecule has 0 unspecified atom stereocenters. The summed E-state index contributed by atoms with van der Waals surface area (Å²) in [5, 5.41) is 13.8. The zero-order valence-electron chi connectivity index (χ0n) is 12.8. The van der Waals surface area contributed by atoms with Gasteiger partial charge in [0.15, 0.2) is 0 Å². The molecular weight excluding hydrogens is 284 g/mol. The fourth-order valence-corrected chi connectivity index (χ4v) is 2.13. The SMILES string of the molecule is CCOc1ccccc1-c1cc(CO)c(=O)n(CCOC)n1. The molecule has 0 saturated carbocycles. The first-order chi connectivity index (χ1) is 10.7. The predicted molar refractivity (Wildman–Crippen MR) is 82.9 cm³/mol. The third kappa shape index (κ3) is 3.52. The van der Waals surface area contributed by atoms with Crippen molar-refractivity contribution in [3.63, 3.8) is 0 Å². The molecule has 0 aliphatic rings. The number of ether oxygens (including phenoxy) is 2. The Morgan fingerprint density at radius 2 is 2.09 bits per heavy atom. The van der Waals surface area contributed by atoms with Crippen LogP contribution in [-0.2, 0) is 17.9 Å². The monoisotopic (exact) mass is 304 g/mol. The summed E-state index contributed by atoms with van der Waals surface area (Å²) in [6, 6.07) is 9.08. The van der Waals surface area contributed by atoms with Crippen molar-refractivity contribution in [1.29, 1.82) is 0 Å². The third-order valence-corrected chi connectivity index (χ3v) is 3.19. The van der Waals surface area contributed by atoms with Gasteiger partial charge in [0, 0.05) is 18.2 Å². The van der Waals surface area contributed by atoms with Gasteiger partial charge in [0.25, 0.3) is 5.56 Å². The molecule has 0 atom stereocenters. The average molecular weight is 304 g/mol. The molecule has 1 aromatic carbocycles. The minimum atomic E-state index is -0.335. The molecule has 22 heavy (non-hydrogen) atoms. The maximum Gasteiger partial charge on any atom is 0.272 e. The van der Waals surface area contributed by atoms with Crippen LogP contribution in [0.2, 0.25) is 0 Å². The fourth-order valence-electron chi connectivity index (χ4n) is 2.13. The molecule has 118 valence electrons. The molecule has 0 aliphatic heterocycles. The number of para-hydroxylation sites is 1. The molecule has 0 radical (unpaired) electrons. The minimum Gasteiger partial charge on any atom is -0.493 e. The van der Waals surface area contributed by atoms with E-state index < -0.39 is 0 Å². The van der Waals surface area contributed by atoms with Crippen LogP contribution in [-0.4, -0.2) is 35.2 Å². The molecule has 1 aromatic heterocycles. The Bertz CT molecular complexity index is 682. The van der Waals surface area contributed by atoms with Crippen molar-refractivity contribution >= 4 is 0 Å². The normalized spacial score (nSPS) is 10.7. The standard InChI is InChI=1S/C16H20N2O4/c1-3-22-15-7-5-4-6-13(15)14-10-12(11-19)16(20)18(17-14)8-9-21-2/h4-7,10,19H,3,8-9,11H2,1-2H3. The van der Waals surface area contributed by atoms with Gasteiger partial charge in [-0.05, 0) is 25.1 Å². The van der Waals surface area contributed by atoms with Crippen molar-refractivity contribution in [2.45, 2.75) is 20.1 Å². The van der Waals surface area contributed by atoms with Crippen LogP contribution in [0.5, 0.6) is 5.75 Å². The molecule has 0 amide bonds. The van der Waals surface area contributed by atoms with E-state index in [1.807, 2.05) is 31.2 Å². The van der Waals surface area contributed by atoms with Gasteiger partial charge in [-0.15, -0.1) is 0 Å². The van der Waals surface area contributed by atoms with Crippen LogP contribution in [0.15, 0.2) is 35.1 Å². The number of aliphatic hydroxyl groups excluding tert-OH is 1. The lowest BCUT2D eigenvalue weighted by atomic mass is 10.1. The Balaban J connectivity index is 2.53. The second-order valence-electron chi connectivity index (χ2n) is 4.66. The van der Waals surface area contributed by atoms with E-state index in [9.17, 15) is 9.90 Å². The lowest BCUT2D eigenvalue weighted by molar-refractivity contribution is 0.181. The molecule has 0 fully saturated rings. The first-order valence-electron chi connectivity index (χ1n) is 7.14. The van der Waals surface area contributed by atoms with Crippen LogP contribution in [0, 0.1) is 0 Å². The average Bonchev–Trinajstić information content (AvgIpc) is 2.55. The minimum absolute atomic E-state index is 0.299. The zero-order chi connectivity index (χ0) is 15.9. The number of benzene rings is 1. The molecule has 0 bridgehead atoms. The Morgan fingerprint density at radius 3 is 2.77 bits per heavy atom. The van der Waals surface area contributed by atoms with E-state index >= 15 is 0 Å². The van der Waals surface area contributed by atoms with Gasteiger partial charge in [-0.3, -0.25) is 4.79 Å². The molecule has 2 aromatic rings. The van der Waals surface area contributed by atoms with Crippen molar-refractivity contribution in [1.82, 2.24) is 9.78 Å². The van der Waals surface area contributed by atoms with Crippen LogP contribution >= 0.6 is 0 Å². The lowest BCUT2D eigenvalue weighted by Gasteiger charge is -2.12. The Labute approximate surface area is 128 Å². The van der Waals surface area contributed by atoms with E-state index in [1.54, 1.807) is 13.2 Å². The predicted octanol–water partition coefficient (Wildman–Crippen LogP) is 1.45. The van der Waals surface area contributed by atoms with Gasteiger partial charge in [0.05, 0.1) is 32.1 Å². The summed E-state index contributed by atoms with van der Waals surface area (Å²) in [5.74, 6) is 0.693. The van der Waals surface area contributed by atoms with Gasteiger partial charge in [-0.1, -0.05) is 12.1 Å². The Morgan fingerprint density at radius 1 is 1.32 bits per heavy atom. The van der Waals surface area contributed by atoms with E-state index in [0.29, 0.717) is 36.8 Å². The summed E-state index contributed by atoms with van der Waals surface area (Å²) in [4.78, 5) is 12.2. The smallest absolute Gasteiger partial charge is 0.272 e. The highest BCUT2D eigenvalue weighted by Crippen LogP contribution is 2.28. The van der Waals surface area contributed by atoms with Crippen molar-refractivity contribution in [3.05, 3.63) is 46.2 Å². The van der Waals surface area contributed by atoms with Gasteiger partial charge in [-0.25, -0.2) is 4.68 Å². The Hall–Kier alpha value is -2.18. The van der Waals surface area contributed by atoms with Crippen LogP contribution in [0.1, 0.15) is 12.5 Å². The number of aromatic nitrogens is 2. The number of methoxy groups -OCH3 is 1. The highest BCUT2D eigenvalue weighted by Gasteiger charge is 2.12. The number of hydrogen-bond acceptors (Lipinski definition) is 5. The van der Waals surface area contributed by atoms with E-state index in [4.69, 9.17) is 9.47 Å². The molecule has 0 saturated heterocycles. The van der Waals surface area contributed by atoms with Gasteiger partial charge in [0.2, 0.25) is 0 Å². The van der Waals surface area contributed by atoms with Gasteiger partial charge < -0.3 is 14.6 Å². The molecule has 2 rings (SSSR count). The quantitative estimate of drug-likeness (QED) is 0.838. The summed E-state index contributed by atoms with van der Waals surface area (Å²) in [5.41, 5.74) is 1.36. The maximum atomic E-state index is 12.2. The summed E-state index contributed by atoms with van der Waals surface area (Å²) in [6.07, 6.45) is 0. The van der Waals surface area contributed by atoms with E-state index in [-0.39, 0.29) is 12.2 Å². The molecule has 1 N–H and O–H groups in total. The second-order valence-corrected chi connectivity index (χ2v) is 4.66. The van der Waals surface area contributed by atoms with Crippen molar-refractivity contribution < 1.29 is 14.6 Å². The third-order valence-electron chi connectivity index (χ3n) is 3.19. The van der Waals surface area contributed by atoms with Crippen LogP contribution in [0.25, 0.3) is 11.3 Å². The first-order valence-corrected chi connectivity index (χ1v) is 7.14. The second kappa shape index (κ2) is 7.72. The number of aliphatic hydroxyl groups is 1. The van der Waals surface area contributed by atoms with Crippen LogP contribution < -0.4 is 10.3 Å². The highest BCUT2D eigenvalue weighted by molar-refractivity contribution is 5.67. The molecule has 0 spiro atoms.